The maximum Gasteiger partial charge on any atom is 0.253 e. The molecule has 3 N–H and O–H groups in total. The van der Waals surface area contributed by atoms with Crippen molar-refractivity contribution in [2.24, 2.45) is 0 Å². The molecule has 0 aromatic carbocycles. The maximum atomic E-state index is 12.3. The van der Waals surface area contributed by atoms with Gasteiger partial charge in [-0.3, -0.25) is 14.6 Å². The Hall–Kier alpha value is -2.03. The highest BCUT2D eigenvalue weighted by Crippen LogP contribution is 2.22. The Kier molecular flexibility index (Phi) is 8.39. The molecule has 2 aliphatic rings. The second-order valence-electron chi connectivity index (χ2n) is 7.83. The molecule has 0 spiro atoms. The van der Waals surface area contributed by atoms with E-state index in [2.05, 4.69) is 20.5 Å². The number of carbonyl (C=O) groups excluding carboxylic acids is 2. The molecule has 2 aliphatic heterocycles. The van der Waals surface area contributed by atoms with Gasteiger partial charge < -0.3 is 25.4 Å². The van der Waals surface area contributed by atoms with E-state index >= 15 is 0 Å². The first-order valence-corrected chi connectivity index (χ1v) is 10.6. The van der Waals surface area contributed by atoms with Crippen LogP contribution in [0, 0.1) is 0 Å². The summed E-state index contributed by atoms with van der Waals surface area (Å²) in [6.45, 7) is 3.57. The Bertz CT molecular complexity index is 651. The van der Waals surface area contributed by atoms with E-state index in [1.54, 1.807) is 18.3 Å². The average molecular weight is 405 g/mol. The summed E-state index contributed by atoms with van der Waals surface area (Å²) in [6.07, 6.45) is 7.73. The van der Waals surface area contributed by atoms with Gasteiger partial charge >= 0.3 is 0 Å². The van der Waals surface area contributed by atoms with Crippen molar-refractivity contribution in [2.45, 2.75) is 56.8 Å². The summed E-state index contributed by atoms with van der Waals surface area (Å²) < 4.78 is 5.90. The molecular formula is C21H32N4O4. The van der Waals surface area contributed by atoms with Crippen LogP contribution < -0.4 is 10.6 Å². The van der Waals surface area contributed by atoms with E-state index in [9.17, 15) is 14.7 Å². The molecule has 0 saturated carbocycles. The fourth-order valence-electron chi connectivity index (χ4n) is 4.01. The number of piperidine rings is 1. The first kappa shape index (κ1) is 21.7. The van der Waals surface area contributed by atoms with E-state index < -0.39 is 6.10 Å². The molecular weight excluding hydrogens is 372 g/mol. The third-order valence-corrected chi connectivity index (χ3v) is 5.65. The first-order valence-electron chi connectivity index (χ1n) is 10.6. The summed E-state index contributed by atoms with van der Waals surface area (Å²) in [7, 11) is 0. The van der Waals surface area contributed by atoms with Crippen LogP contribution >= 0.6 is 0 Å². The Labute approximate surface area is 172 Å². The Morgan fingerprint density at radius 1 is 1.24 bits per heavy atom. The third-order valence-electron chi connectivity index (χ3n) is 5.65. The molecule has 1 aromatic rings. The largest absolute Gasteiger partial charge is 0.394 e. The highest BCUT2D eigenvalue weighted by atomic mass is 16.5. The van der Waals surface area contributed by atoms with Crippen LogP contribution in [0.15, 0.2) is 24.5 Å². The second-order valence-corrected chi connectivity index (χ2v) is 7.83. The number of carbonyl (C=O) groups is 2. The van der Waals surface area contributed by atoms with E-state index in [-0.39, 0.29) is 37.0 Å². The predicted octanol–water partition coefficient (Wildman–Crippen LogP) is 0.712. The number of nitrogens with zero attached hydrogens (tertiary/aromatic N) is 2. The molecule has 3 rings (SSSR count). The van der Waals surface area contributed by atoms with Gasteiger partial charge in [-0.15, -0.1) is 0 Å². The van der Waals surface area contributed by atoms with E-state index in [4.69, 9.17) is 4.74 Å². The van der Waals surface area contributed by atoms with E-state index in [0.29, 0.717) is 24.9 Å². The van der Waals surface area contributed by atoms with Gasteiger partial charge in [-0.1, -0.05) is 6.42 Å². The lowest BCUT2D eigenvalue weighted by atomic mass is 9.96. The molecule has 1 aromatic heterocycles. The molecule has 0 unspecified atom stereocenters. The van der Waals surface area contributed by atoms with Crippen molar-refractivity contribution in [3.8, 4) is 0 Å². The lowest BCUT2D eigenvalue weighted by molar-refractivity contribution is -0.130. The van der Waals surface area contributed by atoms with Crippen LogP contribution in [0.1, 0.15) is 48.9 Å². The predicted molar refractivity (Wildman–Crippen MR) is 108 cm³/mol. The van der Waals surface area contributed by atoms with E-state index in [1.807, 2.05) is 0 Å². The minimum Gasteiger partial charge on any atom is -0.394 e. The second kappa shape index (κ2) is 11.2. The summed E-state index contributed by atoms with van der Waals surface area (Å²) in [5.41, 5.74) is 0.472. The first-order chi connectivity index (χ1) is 14.2. The van der Waals surface area contributed by atoms with Crippen LogP contribution in [-0.2, 0) is 9.53 Å². The quantitative estimate of drug-likeness (QED) is 0.590. The molecule has 8 heteroatoms. The van der Waals surface area contributed by atoms with Gasteiger partial charge in [0.25, 0.3) is 5.91 Å². The molecule has 160 valence electrons. The Morgan fingerprint density at radius 2 is 2.07 bits per heavy atom. The van der Waals surface area contributed by atoms with Crippen LogP contribution in [0.25, 0.3) is 0 Å². The number of aliphatic hydroxyl groups excluding tert-OH is 1. The molecule has 2 saturated heterocycles. The summed E-state index contributed by atoms with van der Waals surface area (Å²) >= 11 is 0. The van der Waals surface area contributed by atoms with Gasteiger partial charge in [0.2, 0.25) is 5.91 Å². The minimum atomic E-state index is -0.518. The van der Waals surface area contributed by atoms with Gasteiger partial charge in [0, 0.05) is 25.5 Å². The van der Waals surface area contributed by atoms with Crippen LogP contribution in [0.3, 0.4) is 0 Å². The van der Waals surface area contributed by atoms with Crippen molar-refractivity contribution in [1.29, 1.82) is 0 Å². The summed E-state index contributed by atoms with van der Waals surface area (Å²) in [5.74, 6) is -0.263. The van der Waals surface area contributed by atoms with Crippen molar-refractivity contribution < 1.29 is 19.4 Å². The maximum absolute atomic E-state index is 12.3. The van der Waals surface area contributed by atoms with Gasteiger partial charge in [0.15, 0.2) is 0 Å². The standard InChI is InChI=1S/C21H32N4O4/c26-15-19-18(24-21(28)16-5-4-8-22-14-16)7-6-17(29-19)13-20(27)23-9-12-25-10-2-1-3-11-25/h4-5,8,14,17-19,26H,1-3,6-7,9-13,15H2,(H,23,27)(H,24,28)/t17-,18+,19-/m1/s1. The number of nitrogens with one attached hydrogen (secondary N) is 2. The fraction of sp³-hybridized carbons (Fsp3) is 0.667. The van der Waals surface area contributed by atoms with Crippen LogP contribution in [-0.4, -0.2) is 77.8 Å². The molecule has 8 nitrogen and oxygen atoms in total. The number of ether oxygens (including phenoxy) is 1. The van der Waals surface area contributed by atoms with Gasteiger partial charge in [-0.25, -0.2) is 0 Å². The molecule has 0 bridgehead atoms. The third kappa shape index (κ3) is 6.76. The highest BCUT2D eigenvalue weighted by molar-refractivity contribution is 5.94. The zero-order valence-corrected chi connectivity index (χ0v) is 16.9. The molecule has 0 radical (unpaired) electrons. The molecule has 3 heterocycles. The van der Waals surface area contributed by atoms with Gasteiger partial charge in [-0.05, 0) is 50.9 Å². The number of aromatic nitrogens is 1. The van der Waals surface area contributed by atoms with Crippen molar-refractivity contribution in [3.05, 3.63) is 30.1 Å². The highest BCUT2D eigenvalue weighted by Gasteiger charge is 2.33. The zero-order chi connectivity index (χ0) is 20.5. The monoisotopic (exact) mass is 404 g/mol. The van der Waals surface area contributed by atoms with Crippen molar-refractivity contribution in [3.63, 3.8) is 0 Å². The van der Waals surface area contributed by atoms with Crippen molar-refractivity contribution in [1.82, 2.24) is 20.5 Å². The van der Waals surface area contributed by atoms with E-state index in [1.165, 1.54) is 25.5 Å². The molecule has 29 heavy (non-hydrogen) atoms. The number of hydrogen-bond acceptors (Lipinski definition) is 6. The lowest BCUT2D eigenvalue weighted by Gasteiger charge is -2.36. The Balaban J connectivity index is 1.39. The number of likely N-dealkylation sites (tertiary alicyclic amines) is 1. The number of aliphatic hydroxyl groups is 1. The van der Waals surface area contributed by atoms with Gasteiger partial charge in [0.1, 0.15) is 6.10 Å². The van der Waals surface area contributed by atoms with Crippen molar-refractivity contribution >= 4 is 11.8 Å². The zero-order valence-electron chi connectivity index (χ0n) is 16.9. The Morgan fingerprint density at radius 3 is 2.79 bits per heavy atom. The fourth-order valence-corrected chi connectivity index (χ4v) is 4.01. The smallest absolute Gasteiger partial charge is 0.253 e. The lowest BCUT2D eigenvalue weighted by Crippen LogP contribution is -2.51. The van der Waals surface area contributed by atoms with Crippen LogP contribution in [0.5, 0.6) is 0 Å². The number of hydrogen-bond donors (Lipinski definition) is 3. The summed E-state index contributed by atoms with van der Waals surface area (Å²) in [4.78, 5) is 30.9. The molecule has 3 atom stereocenters. The SMILES string of the molecule is O=C(C[C@H]1CC[C@H](NC(=O)c2cccnc2)[C@@H](CO)O1)NCCN1CCCCC1. The van der Waals surface area contributed by atoms with Crippen LogP contribution in [0.4, 0.5) is 0 Å². The summed E-state index contributed by atoms with van der Waals surface area (Å²) in [6, 6.07) is 3.11. The topological polar surface area (TPSA) is 104 Å². The summed E-state index contributed by atoms with van der Waals surface area (Å²) in [5, 5.41) is 15.6. The van der Waals surface area contributed by atoms with Gasteiger partial charge in [0.05, 0.1) is 30.7 Å². The molecule has 0 aliphatic carbocycles. The molecule has 2 amide bonds. The van der Waals surface area contributed by atoms with E-state index in [0.717, 1.165) is 19.6 Å². The minimum absolute atomic E-state index is 0.0263. The van der Waals surface area contributed by atoms with Crippen molar-refractivity contribution in [2.75, 3.05) is 32.8 Å². The number of amides is 2. The average Bonchev–Trinajstić information content (AvgIpc) is 2.76. The van der Waals surface area contributed by atoms with Gasteiger partial charge in [-0.2, -0.15) is 0 Å². The van der Waals surface area contributed by atoms with Crippen LogP contribution in [0.2, 0.25) is 0 Å². The normalized spacial score (nSPS) is 25.3. The number of rotatable bonds is 8. The molecule has 2 fully saturated rings. The number of pyridine rings is 1.